The summed E-state index contributed by atoms with van der Waals surface area (Å²) in [5.74, 6) is 1.31. The summed E-state index contributed by atoms with van der Waals surface area (Å²) in [6.45, 7) is 6.18. The highest BCUT2D eigenvalue weighted by atomic mass is 32.1. The van der Waals surface area contributed by atoms with Crippen LogP contribution >= 0.6 is 11.3 Å². The van der Waals surface area contributed by atoms with E-state index in [2.05, 4.69) is 34.8 Å². The minimum atomic E-state index is 0.0527. The van der Waals surface area contributed by atoms with Gasteiger partial charge in [-0.25, -0.2) is 4.98 Å². The second-order valence-electron chi connectivity index (χ2n) is 5.17. The molecule has 5 heteroatoms. The first-order valence-corrected chi connectivity index (χ1v) is 7.45. The molecule has 2 N–H and O–H groups in total. The van der Waals surface area contributed by atoms with Crippen LogP contribution in [0.2, 0.25) is 0 Å². The first kappa shape index (κ1) is 13.5. The predicted octanol–water partition coefficient (Wildman–Crippen LogP) is 1.88. The summed E-state index contributed by atoms with van der Waals surface area (Å²) in [5.41, 5.74) is 1.11. The van der Waals surface area contributed by atoms with Gasteiger partial charge in [0.25, 0.3) is 0 Å². The van der Waals surface area contributed by atoms with E-state index in [1.54, 1.807) is 11.3 Å². The van der Waals surface area contributed by atoms with E-state index in [0.29, 0.717) is 19.0 Å². The Kier molecular flexibility index (Phi) is 4.72. The molecular weight excluding hydrogens is 246 g/mol. The third kappa shape index (κ3) is 4.38. The Bertz CT molecular complexity index is 399. The summed E-state index contributed by atoms with van der Waals surface area (Å²) >= 11 is 1.61. The van der Waals surface area contributed by atoms with Gasteiger partial charge in [-0.05, 0) is 31.2 Å². The van der Waals surface area contributed by atoms with Gasteiger partial charge in [0.2, 0.25) is 5.91 Å². The van der Waals surface area contributed by atoms with Crippen LogP contribution in [0.3, 0.4) is 0 Å². The molecule has 0 saturated heterocycles. The fourth-order valence-electron chi connectivity index (χ4n) is 1.62. The van der Waals surface area contributed by atoms with E-state index in [1.807, 2.05) is 0 Å². The Morgan fingerprint density at radius 2 is 2.33 bits per heavy atom. The van der Waals surface area contributed by atoms with Crippen LogP contribution < -0.4 is 10.6 Å². The molecule has 18 heavy (non-hydrogen) atoms. The number of thiazole rings is 1. The topological polar surface area (TPSA) is 54.0 Å². The van der Waals surface area contributed by atoms with Crippen LogP contribution in [-0.4, -0.2) is 24.0 Å². The molecule has 0 aliphatic heterocycles. The van der Waals surface area contributed by atoms with E-state index in [0.717, 1.165) is 23.2 Å². The van der Waals surface area contributed by atoms with Crippen molar-refractivity contribution in [3.05, 3.63) is 16.1 Å². The molecule has 0 spiro atoms. The number of nitrogens with zero attached hydrogens (tertiary/aromatic N) is 1. The molecule has 0 bridgehead atoms. The average Bonchev–Trinajstić information content (AvgIpc) is 3.02. The minimum Gasteiger partial charge on any atom is -0.348 e. The van der Waals surface area contributed by atoms with Crippen molar-refractivity contribution in [1.29, 1.82) is 0 Å². The van der Waals surface area contributed by atoms with Crippen molar-refractivity contribution in [2.24, 2.45) is 5.92 Å². The Labute approximate surface area is 112 Å². The smallest absolute Gasteiger partial charge is 0.234 e. The second kappa shape index (κ2) is 6.29. The molecule has 0 atom stereocenters. The van der Waals surface area contributed by atoms with Gasteiger partial charge in [-0.1, -0.05) is 13.8 Å². The van der Waals surface area contributed by atoms with E-state index >= 15 is 0 Å². The minimum absolute atomic E-state index is 0.0527. The van der Waals surface area contributed by atoms with Crippen LogP contribution in [0.1, 0.15) is 43.3 Å². The number of carbonyl (C=O) groups excluding carboxylic acids is 1. The third-order valence-corrected chi connectivity index (χ3v) is 3.88. The fraction of sp³-hybridized carbons (Fsp3) is 0.692. The molecule has 1 amide bonds. The number of nitrogens with one attached hydrogen (secondary N) is 2. The summed E-state index contributed by atoms with van der Waals surface area (Å²) in [6.07, 6.45) is 2.62. The van der Waals surface area contributed by atoms with Crippen molar-refractivity contribution >= 4 is 17.2 Å². The molecule has 1 fully saturated rings. The molecule has 100 valence electrons. The van der Waals surface area contributed by atoms with Gasteiger partial charge < -0.3 is 10.6 Å². The Morgan fingerprint density at radius 3 is 2.94 bits per heavy atom. The second-order valence-corrected chi connectivity index (χ2v) is 6.11. The van der Waals surface area contributed by atoms with E-state index in [-0.39, 0.29) is 5.91 Å². The van der Waals surface area contributed by atoms with Crippen LogP contribution in [0.15, 0.2) is 5.38 Å². The predicted molar refractivity (Wildman–Crippen MR) is 73.6 cm³/mol. The molecule has 1 aromatic rings. The first-order chi connectivity index (χ1) is 8.65. The number of hydrogen-bond acceptors (Lipinski definition) is 4. The SMILES string of the molecule is CC(C)c1csc(CNC(=O)CNCC2CC2)n1. The lowest BCUT2D eigenvalue weighted by Gasteiger charge is -2.04. The Hall–Kier alpha value is -0.940. The summed E-state index contributed by atoms with van der Waals surface area (Å²) in [6, 6.07) is 0. The maximum absolute atomic E-state index is 11.6. The highest BCUT2D eigenvalue weighted by Crippen LogP contribution is 2.27. The van der Waals surface area contributed by atoms with Crippen LogP contribution in [0, 0.1) is 5.92 Å². The summed E-state index contributed by atoms with van der Waals surface area (Å²) in [4.78, 5) is 16.0. The zero-order valence-corrected chi connectivity index (χ0v) is 11.8. The van der Waals surface area contributed by atoms with Gasteiger partial charge in [-0.2, -0.15) is 0 Å². The fourth-order valence-corrected chi connectivity index (χ4v) is 2.52. The number of rotatable bonds is 7. The van der Waals surface area contributed by atoms with Gasteiger partial charge >= 0.3 is 0 Å². The number of amides is 1. The van der Waals surface area contributed by atoms with Crippen LogP contribution in [0.4, 0.5) is 0 Å². The van der Waals surface area contributed by atoms with Crippen molar-refractivity contribution in [3.63, 3.8) is 0 Å². The molecule has 4 nitrogen and oxygen atoms in total. The molecule has 1 saturated carbocycles. The largest absolute Gasteiger partial charge is 0.348 e. The molecule has 1 heterocycles. The Morgan fingerprint density at radius 1 is 1.56 bits per heavy atom. The molecule has 1 aliphatic carbocycles. The van der Waals surface area contributed by atoms with Gasteiger partial charge in [0.05, 0.1) is 18.8 Å². The van der Waals surface area contributed by atoms with Crippen molar-refractivity contribution in [2.45, 2.75) is 39.2 Å². The summed E-state index contributed by atoms with van der Waals surface area (Å²) in [7, 11) is 0. The molecule has 1 aliphatic rings. The standard InChI is InChI=1S/C13H21N3OS/c1-9(2)11-8-18-13(16-11)7-15-12(17)6-14-5-10-3-4-10/h8-10,14H,3-7H2,1-2H3,(H,15,17). The summed E-state index contributed by atoms with van der Waals surface area (Å²) < 4.78 is 0. The maximum atomic E-state index is 11.6. The van der Waals surface area contributed by atoms with Crippen molar-refractivity contribution < 1.29 is 4.79 Å². The van der Waals surface area contributed by atoms with Crippen molar-refractivity contribution in [3.8, 4) is 0 Å². The van der Waals surface area contributed by atoms with E-state index in [9.17, 15) is 4.79 Å². The monoisotopic (exact) mass is 267 g/mol. The van der Waals surface area contributed by atoms with E-state index < -0.39 is 0 Å². The van der Waals surface area contributed by atoms with Crippen LogP contribution in [0.5, 0.6) is 0 Å². The van der Waals surface area contributed by atoms with Crippen LogP contribution in [-0.2, 0) is 11.3 Å². The molecular formula is C13H21N3OS. The Balaban J connectivity index is 1.64. The van der Waals surface area contributed by atoms with Crippen molar-refractivity contribution in [2.75, 3.05) is 13.1 Å². The van der Waals surface area contributed by atoms with Gasteiger partial charge in [0, 0.05) is 5.38 Å². The zero-order chi connectivity index (χ0) is 13.0. The molecule has 0 aromatic carbocycles. The van der Waals surface area contributed by atoms with Crippen LogP contribution in [0.25, 0.3) is 0 Å². The van der Waals surface area contributed by atoms with Gasteiger partial charge in [-0.3, -0.25) is 4.79 Å². The van der Waals surface area contributed by atoms with E-state index in [1.165, 1.54) is 12.8 Å². The highest BCUT2D eigenvalue weighted by molar-refractivity contribution is 7.09. The molecule has 0 unspecified atom stereocenters. The van der Waals surface area contributed by atoms with Gasteiger partial charge in [0.1, 0.15) is 5.01 Å². The normalized spacial score (nSPS) is 15.1. The lowest BCUT2D eigenvalue weighted by Crippen LogP contribution is -2.34. The zero-order valence-electron chi connectivity index (χ0n) is 11.0. The molecule has 2 rings (SSSR count). The molecule has 1 aromatic heterocycles. The van der Waals surface area contributed by atoms with Crippen molar-refractivity contribution in [1.82, 2.24) is 15.6 Å². The highest BCUT2D eigenvalue weighted by Gasteiger charge is 2.20. The maximum Gasteiger partial charge on any atom is 0.234 e. The third-order valence-electron chi connectivity index (χ3n) is 3.01. The quantitative estimate of drug-likeness (QED) is 0.793. The average molecular weight is 267 g/mol. The lowest BCUT2D eigenvalue weighted by atomic mass is 10.2. The van der Waals surface area contributed by atoms with Gasteiger partial charge in [-0.15, -0.1) is 11.3 Å². The lowest BCUT2D eigenvalue weighted by molar-refractivity contribution is -0.120. The van der Waals surface area contributed by atoms with E-state index in [4.69, 9.17) is 0 Å². The number of hydrogen-bond donors (Lipinski definition) is 2. The van der Waals surface area contributed by atoms with Gasteiger partial charge in [0.15, 0.2) is 0 Å². The number of carbonyl (C=O) groups is 1. The summed E-state index contributed by atoms with van der Waals surface area (Å²) in [5, 5.41) is 9.12. The number of aromatic nitrogens is 1. The molecule has 0 radical (unpaired) electrons. The first-order valence-electron chi connectivity index (χ1n) is 6.57.